The van der Waals surface area contributed by atoms with Gasteiger partial charge in [0.05, 0.1) is 15.6 Å². The van der Waals surface area contributed by atoms with Crippen LogP contribution in [0.2, 0.25) is 0 Å². The third kappa shape index (κ3) is 11.7. The van der Waals surface area contributed by atoms with Gasteiger partial charge in [-0.2, -0.15) is 0 Å². The highest BCUT2D eigenvalue weighted by atomic mass is 79.9. The zero-order valence-corrected chi connectivity index (χ0v) is 20.9. The van der Waals surface area contributed by atoms with Gasteiger partial charge >= 0.3 is 0 Å². The highest BCUT2D eigenvalue weighted by Gasteiger charge is 2.03. The first kappa shape index (κ1) is 26.6. The van der Waals surface area contributed by atoms with Crippen molar-refractivity contribution in [1.82, 2.24) is 0 Å². The standard InChI is InChI=1S/C18H30O2.C6H4Br2O2/c1-2-3-4-5-6-7-8-9-10-13-16-20-18-15-12-11-14-17(18)19;7-3-1-5(9)4(8)2-6(3)10/h11-12,14-15,19H,2-10,13,16H2,1H3;1-2,9-10H. The van der Waals surface area contributed by atoms with Gasteiger partial charge in [-0.3, -0.25) is 0 Å². The summed E-state index contributed by atoms with van der Waals surface area (Å²) in [7, 11) is 0. The highest BCUT2D eigenvalue weighted by molar-refractivity contribution is 9.11. The molecular weight excluding hydrogens is 512 g/mol. The number of hydrogen-bond donors (Lipinski definition) is 3. The van der Waals surface area contributed by atoms with Gasteiger partial charge in [-0.1, -0.05) is 76.8 Å². The number of rotatable bonds is 12. The molecule has 4 nitrogen and oxygen atoms in total. The van der Waals surface area contributed by atoms with Crippen LogP contribution in [0.25, 0.3) is 0 Å². The van der Waals surface area contributed by atoms with E-state index in [1.165, 1.54) is 69.9 Å². The molecule has 0 aliphatic heterocycles. The fourth-order valence-electron chi connectivity index (χ4n) is 2.88. The van der Waals surface area contributed by atoms with Gasteiger partial charge in [-0.15, -0.1) is 0 Å². The molecule has 168 valence electrons. The van der Waals surface area contributed by atoms with E-state index < -0.39 is 0 Å². The number of benzene rings is 2. The van der Waals surface area contributed by atoms with Crippen molar-refractivity contribution in [2.75, 3.05) is 6.61 Å². The lowest BCUT2D eigenvalue weighted by Gasteiger charge is -2.07. The summed E-state index contributed by atoms with van der Waals surface area (Å²) in [6.45, 7) is 2.96. The predicted octanol–water partition coefficient (Wildman–Crippen LogP) is 8.31. The Morgan fingerprint density at radius 3 is 1.63 bits per heavy atom. The van der Waals surface area contributed by atoms with E-state index >= 15 is 0 Å². The van der Waals surface area contributed by atoms with Crippen LogP contribution in [0.5, 0.6) is 23.0 Å². The molecule has 2 aromatic carbocycles. The molecule has 0 heterocycles. The SMILES string of the molecule is CCCCCCCCCCCCOc1ccccc1O.Oc1cc(Br)c(O)cc1Br. The molecule has 0 aliphatic rings. The van der Waals surface area contributed by atoms with Crippen LogP contribution >= 0.6 is 31.9 Å². The Balaban J connectivity index is 0.000000375. The molecule has 0 aromatic heterocycles. The lowest BCUT2D eigenvalue weighted by Crippen LogP contribution is -1.97. The Bertz CT molecular complexity index is 672. The maximum atomic E-state index is 9.55. The first-order chi connectivity index (χ1) is 14.5. The van der Waals surface area contributed by atoms with E-state index in [4.69, 9.17) is 14.9 Å². The molecule has 0 radical (unpaired) electrons. The van der Waals surface area contributed by atoms with Crippen molar-refractivity contribution in [3.8, 4) is 23.0 Å². The largest absolute Gasteiger partial charge is 0.507 e. The molecule has 0 atom stereocenters. The van der Waals surface area contributed by atoms with E-state index in [0.29, 0.717) is 21.3 Å². The molecule has 3 N–H and O–H groups in total. The van der Waals surface area contributed by atoms with Crippen LogP contribution in [0, 0.1) is 0 Å². The van der Waals surface area contributed by atoms with Gasteiger partial charge in [-0.05, 0) is 62.5 Å². The average molecular weight is 546 g/mol. The molecule has 6 heteroatoms. The fraction of sp³-hybridized carbons (Fsp3) is 0.500. The summed E-state index contributed by atoms with van der Waals surface area (Å²) in [6, 6.07) is 9.99. The normalized spacial score (nSPS) is 10.4. The lowest BCUT2D eigenvalue weighted by molar-refractivity contribution is 0.288. The summed E-state index contributed by atoms with van der Waals surface area (Å²) < 4.78 is 6.52. The second-order valence-electron chi connectivity index (χ2n) is 7.25. The number of ether oxygens (including phenoxy) is 1. The minimum atomic E-state index is 0.102. The first-order valence-corrected chi connectivity index (χ1v) is 12.3. The van der Waals surface area contributed by atoms with Crippen molar-refractivity contribution in [3.63, 3.8) is 0 Å². The van der Waals surface area contributed by atoms with E-state index in [0.717, 1.165) is 6.42 Å². The van der Waals surface area contributed by atoms with Crippen molar-refractivity contribution < 1.29 is 20.1 Å². The maximum Gasteiger partial charge on any atom is 0.160 e. The van der Waals surface area contributed by atoms with Crippen LogP contribution in [-0.4, -0.2) is 21.9 Å². The van der Waals surface area contributed by atoms with Gasteiger partial charge in [0, 0.05) is 0 Å². The quantitative estimate of drug-likeness (QED) is 0.185. The predicted molar refractivity (Wildman–Crippen MR) is 131 cm³/mol. The average Bonchev–Trinajstić information content (AvgIpc) is 2.72. The summed E-state index contributed by atoms with van der Waals surface area (Å²) in [4.78, 5) is 0. The molecular formula is C24H34Br2O4. The number of aromatic hydroxyl groups is 3. The van der Waals surface area contributed by atoms with Crippen LogP contribution in [0.1, 0.15) is 71.1 Å². The molecule has 2 rings (SSSR count). The minimum Gasteiger partial charge on any atom is -0.507 e. The molecule has 0 spiro atoms. The number of hydrogen-bond acceptors (Lipinski definition) is 4. The summed E-state index contributed by atoms with van der Waals surface area (Å²) in [5.74, 6) is 1.04. The van der Waals surface area contributed by atoms with Gasteiger partial charge < -0.3 is 20.1 Å². The van der Waals surface area contributed by atoms with Gasteiger partial charge in [0.15, 0.2) is 11.5 Å². The maximum absolute atomic E-state index is 9.55. The highest BCUT2D eigenvalue weighted by Crippen LogP contribution is 2.34. The molecule has 0 aliphatic carbocycles. The topological polar surface area (TPSA) is 69.9 Å². The lowest BCUT2D eigenvalue weighted by atomic mass is 10.1. The molecule has 0 unspecified atom stereocenters. The molecule has 2 aromatic rings. The number of phenols is 3. The van der Waals surface area contributed by atoms with Crippen molar-refractivity contribution in [1.29, 1.82) is 0 Å². The fourth-order valence-corrected chi connectivity index (χ4v) is 3.54. The van der Waals surface area contributed by atoms with Crippen LogP contribution in [0.4, 0.5) is 0 Å². The number of unbranched alkanes of at least 4 members (excludes halogenated alkanes) is 9. The summed E-state index contributed by atoms with van der Waals surface area (Å²) in [6.07, 6.45) is 13.3. The van der Waals surface area contributed by atoms with Crippen LogP contribution in [0.15, 0.2) is 45.3 Å². The van der Waals surface area contributed by atoms with Crippen LogP contribution in [-0.2, 0) is 0 Å². The second kappa shape index (κ2) is 16.3. The zero-order chi connectivity index (χ0) is 22.2. The number of para-hydroxylation sites is 2. The van der Waals surface area contributed by atoms with E-state index in [-0.39, 0.29) is 17.2 Å². The first-order valence-electron chi connectivity index (χ1n) is 10.7. The number of halogens is 2. The molecule has 0 bridgehead atoms. The van der Waals surface area contributed by atoms with Gasteiger partial charge in [0.1, 0.15) is 11.5 Å². The van der Waals surface area contributed by atoms with Crippen molar-refractivity contribution in [2.45, 2.75) is 71.1 Å². The Labute approximate surface area is 197 Å². The minimum absolute atomic E-state index is 0.102. The van der Waals surface area contributed by atoms with Crippen molar-refractivity contribution in [3.05, 3.63) is 45.3 Å². The van der Waals surface area contributed by atoms with Crippen molar-refractivity contribution in [2.24, 2.45) is 0 Å². The molecule has 0 fully saturated rings. The Morgan fingerprint density at radius 1 is 0.667 bits per heavy atom. The second-order valence-corrected chi connectivity index (χ2v) is 8.96. The van der Waals surface area contributed by atoms with Gasteiger partial charge in [-0.25, -0.2) is 0 Å². The monoisotopic (exact) mass is 544 g/mol. The summed E-state index contributed by atoms with van der Waals surface area (Å²) in [5.41, 5.74) is 0. The molecule has 0 amide bonds. The van der Waals surface area contributed by atoms with Crippen LogP contribution < -0.4 is 4.74 Å². The number of phenolic OH excluding ortho intramolecular Hbond substituents is 3. The molecule has 0 saturated carbocycles. The Morgan fingerprint density at radius 2 is 1.13 bits per heavy atom. The Hall–Kier alpha value is -1.40. The zero-order valence-electron chi connectivity index (χ0n) is 17.7. The van der Waals surface area contributed by atoms with E-state index in [1.807, 2.05) is 18.2 Å². The van der Waals surface area contributed by atoms with E-state index in [2.05, 4.69) is 38.8 Å². The third-order valence-corrected chi connectivity index (χ3v) is 5.91. The molecule has 30 heavy (non-hydrogen) atoms. The summed E-state index contributed by atoms with van der Waals surface area (Å²) in [5, 5.41) is 27.6. The van der Waals surface area contributed by atoms with Crippen molar-refractivity contribution >= 4 is 31.9 Å². The Kier molecular flexibility index (Phi) is 14.5. The smallest absolute Gasteiger partial charge is 0.160 e. The van der Waals surface area contributed by atoms with E-state index in [1.54, 1.807) is 6.07 Å². The van der Waals surface area contributed by atoms with E-state index in [9.17, 15) is 5.11 Å². The van der Waals surface area contributed by atoms with Crippen LogP contribution in [0.3, 0.4) is 0 Å². The van der Waals surface area contributed by atoms with Gasteiger partial charge in [0.2, 0.25) is 0 Å². The van der Waals surface area contributed by atoms with Gasteiger partial charge in [0.25, 0.3) is 0 Å². The third-order valence-electron chi connectivity index (χ3n) is 4.64. The summed E-state index contributed by atoms with van der Waals surface area (Å²) >= 11 is 6.10. The molecule has 0 saturated heterocycles.